The van der Waals surface area contributed by atoms with Gasteiger partial charge in [0.25, 0.3) is 7.82 Å². The predicted molar refractivity (Wildman–Crippen MR) is 302 cm³/mol. The molecule has 0 radical (unpaired) electrons. The van der Waals surface area contributed by atoms with Crippen molar-refractivity contribution >= 4 is 19.7 Å². The Kier molecular flexibility index (Phi) is 49.6. The van der Waals surface area contributed by atoms with Crippen LogP contribution in [0, 0.1) is 0 Å². The van der Waals surface area contributed by atoms with E-state index in [0.717, 1.165) is 116 Å². The maximum Gasteiger partial charge on any atom is 0.306 e. The molecule has 0 fully saturated rings. The van der Waals surface area contributed by atoms with Crippen molar-refractivity contribution < 1.29 is 37.3 Å². The average molecular weight is 1020 g/mol. The molecule has 0 aromatic rings. The quantitative estimate of drug-likeness (QED) is 0.0212. The van der Waals surface area contributed by atoms with Crippen LogP contribution in [-0.2, 0) is 27.9 Å². The number of ether oxygens (including phenoxy) is 1. The molecule has 0 heterocycles. The molecule has 0 rings (SSSR count). The van der Waals surface area contributed by atoms with E-state index in [0.29, 0.717) is 17.4 Å². The Balaban J connectivity index is 5.34. The van der Waals surface area contributed by atoms with Gasteiger partial charge in [-0.25, -0.2) is 0 Å². The molecule has 0 aromatic carbocycles. The van der Waals surface area contributed by atoms with Gasteiger partial charge < -0.3 is 28.5 Å². The predicted octanol–water partition coefficient (Wildman–Crippen LogP) is 17.3. The number of amides is 1. The van der Waals surface area contributed by atoms with Crippen LogP contribution in [0.15, 0.2) is 60.8 Å². The highest BCUT2D eigenvalue weighted by molar-refractivity contribution is 7.45. The summed E-state index contributed by atoms with van der Waals surface area (Å²) in [6.07, 6.45) is 63.2. The van der Waals surface area contributed by atoms with Crippen LogP contribution < -0.4 is 10.2 Å². The molecular weight excluding hydrogens is 904 g/mol. The molecule has 0 saturated heterocycles. The molecule has 1 amide bonds. The summed E-state index contributed by atoms with van der Waals surface area (Å²) in [4.78, 5) is 39.9. The van der Waals surface area contributed by atoms with Gasteiger partial charge in [0.15, 0.2) is 0 Å². The molecule has 3 unspecified atom stereocenters. The first-order chi connectivity index (χ1) is 34.4. The molecule has 414 valence electrons. The van der Waals surface area contributed by atoms with Crippen molar-refractivity contribution in [3.8, 4) is 0 Å². The lowest BCUT2D eigenvalue weighted by atomic mass is 10.0. The number of hydrogen-bond acceptors (Lipinski definition) is 7. The van der Waals surface area contributed by atoms with E-state index in [9.17, 15) is 19.0 Å². The molecular formula is C61H113N2O7P. The van der Waals surface area contributed by atoms with E-state index in [4.69, 9.17) is 13.8 Å². The van der Waals surface area contributed by atoms with Gasteiger partial charge >= 0.3 is 5.97 Å². The summed E-state index contributed by atoms with van der Waals surface area (Å²) in [6, 6.07) is -0.897. The Morgan fingerprint density at radius 2 is 0.901 bits per heavy atom. The zero-order valence-electron chi connectivity index (χ0n) is 47.2. The zero-order chi connectivity index (χ0) is 52.2. The molecule has 0 saturated carbocycles. The third-order valence-electron chi connectivity index (χ3n) is 12.9. The maximum absolute atomic E-state index is 13.5. The summed E-state index contributed by atoms with van der Waals surface area (Å²) in [5.74, 6) is -0.558. The van der Waals surface area contributed by atoms with Crippen LogP contribution in [0.5, 0.6) is 0 Å². The van der Waals surface area contributed by atoms with Gasteiger partial charge in [-0.1, -0.05) is 223 Å². The molecule has 10 heteroatoms. The second-order valence-corrected chi connectivity index (χ2v) is 22.5. The van der Waals surface area contributed by atoms with Gasteiger partial charge in [0.2, 0.25) is 5.91 Å². The fraction of sp³-hybridized carbons (Fsp3) is 0.803. The number of carbonyl (C=O) groups excluding carboxylic acids is 2. The first-order valence-corrected chi connectivity index (χ1v) is 31.1. The van der Waals surface area contributed by atoms with Crippen LogP contribution in [0.3, 0.4) is 0 Å². The van der Waals surface area contributed by atoms with Gasteiger partial charge in [0.05, 0.1) is 33.8 Å². The highest BCUT2D eigenvalue weighted by Gasteiger charge is 2.27. The Hall–Kier alpha value is -2.29. The second-order valence-electron chi connectivity index (χ2n) is 21.1. The van der Waals surface area contributed by atoms with E-state index >= 15 is 0 Å². The van der Waals surface area contributed by atoms with E-state index in [1.807, 2.05) is 33.3 Å². The van der Waals surface area contributed by atoms with Gasteiger partial charge in [-0.2, -0.15) is 0 Å². The summed E-state index contributed by atoms with van der Waals surface area (Å²) < 4.78 is 30.3. The van der Waals surface area contributed by atoms with E-state index in [2.05, 4.69) is 74.7 Å². The van der Waals surface area contributed by atoms with Gasteiger partial charge in [-0.05, 0) is 89.5 Å². The fourth-order valence-electron chi connectivity index (χ4n) is 8.35. The Morgan fingerprint density at radius 1 is 0.507 bits per heavy atom. The van der Waals surface area contributed by atoms with Crippen molar-refractivity contribution in [2.24, 2.45) is 0 Å². The Bertz CT molecular complexity index is 1400. The van der Waals surface area contributed by atoms with Crippen molar-refractivity contribution in [3.63, 3.8) is 0 Å². The monoisotopic (exact) mass is 1020 g/mol. The third kappa shape index (κ3) is 52.4. The molecule has 0 aliphatic carbocycles. The van der Waals surface area contributed by atoms with Crippen molar-refractivity contribution in [1.29, 1.82) is 0 Å². The minimum Gasteiger partial charge on any atom is -0.756 e. The highest BCUT2D eigenvalue weighted by Crippen LogP contribution is 2.38. The van der Waals surface area contributed by atoms with Crippen LogP contribution >= 0.6 is 7.82 Å². The van der Waals surface area contributed by atoms with Crippen molar-refractivity contribution in [3.05, 3.63) is 60.8 Å². The van der Waals surface area contributed by atoms with Gasteiger partial charge in [-0.3, -0.25) is 14.2 Å². The summed E-state index contributed by atoms with van der Waals surface area (Å²) >= 11 is 0. The molecule has 0 spiro atoms. The number of nitrogens with zero attached hydrogens (tertiary/aromatic N) is 1. The maximum atomic E-state index is 13.5. The van der Waals surface area contributed by atoms with Crippen LogP contribution in [0.25, 0.3) is 0 Å². The number of esters is 1. The van der Waals surface area contributed by atoms with Gasteiger partial charge in [0.1, 0.15) is 19.3 Å². The topological polar surface area (TPSA) is 114 Å². The van der Waals surface area contributed by atoms with Crippen LogP contribution in [-0.4, -0.2) is 69.4 Å². The number of rotatable bonds is 53. The number of phosphoric ester groups is 1. The van der Waals surface area contributed by atoms with Crippen LogP contribution in [0.1, 0.15) is 265 Å². The van der Waals surface area contributed by atoms with Crippen molar-refractivity contribution in [2.45, 2.75) is 277 Å². The smallest absolute Gasteiger partial charge is 0.306 e. The van der Waals surface area contributed by atoms with E-state index in [1.165, 1.54) is 116 Å². The minimum atomic E-state index is -4.70. The number of phosphoric acid groups is 1. The molecule has 0 bridgehead atoms. The van der Waals surface area contributed by atoms with Crippen LogP contribution in [0.4, 0.5) is 0 Å². The number of quaternary nitrogens is 1. The number of likely N-dealkylation sites (N-methyl/N-ethyl adjacent to an activating group) is 1. The largest absolute Gasteiger partial charge is 0.756 e. The molecule has 0 aliphatic heterocycles. The lowest BCUT2D eigenvalue weighted by Gasteiger charge is -2.30. The number of unbranched alkanes of at least 4 members (excludes halogenated alkanes) is 29. The van der Waals surface area contributed by atoms with Crippen LogP contribution in [0.2, 0.25) is 0 Å². The first kappa shape index (κ1) is 68.7. The molecule has 3 atom stereocenters. The summed E-state index contributed by atoms with van der Waals surface area (Å²) in [6.45, 7) is 6.72. The normalized spacial score (nSPS) is 14.2. The van der Waals surface area contributed by atoms with Crippen molar-refractivity contribution in [2.75, 3.05) is 40.9 Å². The van der Waals surface area contributed by atoms with Crippen molar-refractivity contribution in [1.82, 2.24) is 5.32 Å². The number of hydrogen-bond donors (Lipinski definition) is 1. The lowest BCUT2D eigenvalue weighted by Crippen LogP contribution is -2.47. The molecule has 71 heavy (non-hydrogen) atoms. The average Bonchev–Trinajstić information content (AvgIpc) is 3.33. The minimum absolute atomic E-state index is 0.0269. The highest BCUT2D eigenvalue weighted by atomic mass is 31.2. The number of nitrogens with one attached hydrogen (secondary N) is 1. The molecule has 0 aromatic heterocycles. The zero-order valence-corrected chi connectivity index (χ0v) is 48.1. The number of allylic oxidation sites excluding steroid dienone is 9. The Morgan fingerprint density at radius 3 is 1.37 bits per heavy atom. The van der Waals surface area contributed by atoms with E-state index in [-0.39, 0.29) is 24.9 Å². The summed E-state index contributed by atoms with van der Waals surface area (Å²) in [5, 5.41) is 3.02. The summed E-state index contributed by atoms with van der Waals surface area (Å²) in [5.41, 5.74) is 0. The van der Waals surface area contributed by atoms with Gasteiger partial charge in [-0.15, -0.1) is 0 Å². The molecule has 0 aliphatic rings. The second kappa shape index (κ2) is 51.2. The number of carbonyl (C=O) groups is 2. The fourth-order valence-corrected chi connectivity index (χ4v) is 9.08. The Labute approximate surface area is 439 Å². The van der Waals surface area contributed by atoms with E-state index in [1.54, 1.807) is 0 Å². The third-order valence-corrected chi connectivity index (χ3v) is 13.9. The lowest BCUT2D eigenvalue weighted by molar-refractivity contribution is -0.870. The molecule has 9 nitrogen and oxygen atoms in total. The first-order valence-electron chi connectivity index (χ1n) is 29.6. The van der Waals surface area contributed by atoms with Gasteiger partial charge in [0, 0.05) is 12.8 Å². The molecule has 1 N–H and O–H groups in total. The SMILES string of the molecule is CC/C=C/C/C=C/C/C=C/CCCCCCCCC(=O)NC(COP(=O)([O-])OCC[N+](C)(C)C)C(/C=C/CCCCCCCCCCCC)OC(=O)CCCCCCCCC/C=C/CCCCCCCC. The standard InChI is InChI=1S/C61H113N2O7P/c1-7-10-13-16-19-22-25-28-30-32-34-36-39-42-45-48-51-54-61(65)70-59(52-49-46-43-40-37-27-24-21-18-15-12-9-3)58(57-69-71(66,67)68-56-55-63(4,5)6)62-60(64)53-50-47-44-41-38-35-33-31-29-26-23-20-17-14-11-8-2/h11,14,20,23,28-31,49,52,58-59H,7-10,12-13,15-19,21-22,24-27,32-48,50-51,53-57H2,1-6H3,(H-,62,64,66,67)/b14-11+,23-20+,30-28+,31-29+,52-49+. The summed E-state index contributed by atoms with van der Waals surface area (Å²) in [7, 11) is 1.17. The van der Waals surface area contributed by atoms with E-state index < -0.39 is 26.6 Å².